The predicted octanol–water partition coefficient (Wildman–Crippen LogP) is 12.4. The third-order valence-electron chi connectivity index (χ3n) is 19.1. The zero-order valence-electron chi connectivity index (χ0n) is 62.0. The maximum atomic E-state index is 13.7. The van der Waals surface area contributed by atoms with E-state index in [1.807, 2.05) is 48.5 Å². The smallest absolute Gasteiger partial charge is 0.332 e. The van der Waals surface area contributed by atoms with Gasteiger partial charge in [0.15, 0.2) is 0 Å². The molecule has 3 aromatic heterocycles. The van der Waals surface area contributed by atoms with E-state index in [2.05, 4.69) is 89.9 Å². The number of fused-ring (bicyclic) bond motifs is 3. The Morgan fingerprint density at radius 3 is 1.19 bits per heavy atom. The summed E-state index contributed by atoms with van der Waals surface area (Å²) in [6.07, 6.45) is 15.2. The number of halogens is 3. The zero-order valence-corrected chi connectivity index (χ0v) is 67.9. The number of rotatable bonds is 25. The Hall–Kier alpha value is -6.97. The van der Waals surface area contributed by atoms with Gasteiger partial charge in [0.05, 0.1) is 51.8 Å². The van der Waals surface area contributed by atoms with Gasteiger partial charge in [0.1, 0.15) is 30.9 Å². The Kier molecular flexibility index (Phi) is 27.7. The second-order valence-corrected chi connectivity index (χ2v) is 46.6. The van der Waals surface area contributed by atoms with Crippen molar-refractivity contribution in [2.24, 2.45) is 5.73 Å². The summed E-state index contributed by atoms with van der Waals surface area (Å²) in [5.74, 6) is 2.99. The number of ether oxygens (including phenoxy) is 2. The molecule has 6 aliphatic rings. The fourth-order valence-electron chi connectivity index (χ4n) is 12.7. The molecule has 8 N–H and O–H groups in total. The second-order valence-electron chi connectivity index (χ2n) is 30.3. The van der Waals surface area contributed by atoms with Crippen LogP contribution in [0.4, 0.5) is 66.7 Å². The molecule has 0 spiro atoms. The van der Waals surface area contributed by atoms with Crippen LogP contribution in [0, 0.1) is 0 Å². The highest BCUT2D eigenvalue weighted by Gasteiger charge is 2.38. The van der Waals surface area contributed by atoms with E-state index in [-0.39, 0.29) is 61.8 Å². The minimum atomic E-state index is -3.46. The largest absolute Gasteiger partial charge is 0.361 e. The van der Waals surface area contributed by atoms with Gasteiger partial charge in [-0.2, -0.15) is 49.8 Å². The minimum Gasteiger partial charge on any atom is -0.361 e. The molecule has 0 atom stereocenters. The summed E-state index contributed by atoms with van der Waals surface area (Å²) in [6.45, 7) is 16.1. The van der Waals surface area contributed by atoms with Gasteiger partial charge in [-0.3, -0.25) is 29.8 Å². The topological polar surface area (TPSA) is 336 Å². The molecule has 0 radical (unpaired) electrons. The molecular weight excluding hydrogens is 1490 g/mol. The van der Waals surface area contributed by atoms with Crippen molar-refractivity contribution in [3.05, 3.63) is 123 Å². The van der Waals surface area contributed by atoms with Crippen molar-refractivity contribution in [3.8, 4) is 0 Å². The van der Waals surface area contributed by atoms with E-state index in [1.54, 1.807) is 67.4 Å². The number of hydrogen-bond acceptors (Lipinski definition) is 19. The summed E-state index contributed by atoms with van der Waals surface area (Å²) < 4.78 is 68.2. The summed E-state index contributed by atoms with van der Waals surface area (Å²) in [5, 5.41) is 14.5. The number of nitrogens with zero attached hydrogens (tertiary/aromatic N) is 13. The van der Waals surface area contributed by atoms with Gasteiger partial charge in [0, 0.05) is 129 Å². The lowest BCUT2D eigenvalue weighted by atomic mass is 9.92. The standard InChI is InChI=1S/C26H40ClN7O4SSi.C24H35ClN6O2Si.C20H26ClN7O3S/c1-32(2)39(36,37)31-21-12-10-20(11-13-21)29-25-28-16-19-17-33(23-9-7-6-8-22(23)27)26(35)34(24(19)30-25)18-38-14-15-40(3,4)5;1-34(2,3)13-12-33-16-31-22-17(15-30(24(31)32)21-7-5-4-6-20(21)25)14-27-23(29-22)28-19-10-8-18(26)9-11-19;1-27(2)32(30,31)26-15-9-7-14(8-10-15)23-19-22-11-13-12-28(20(29)25-18(13)24-19)17-6-4-3-5-16(17)21/h6-9,16,20-21,31H,10-15,17-18H2,1-5H3,(H,28,29,30);4-7,14,18-19H,8-13,15-16,26H2,1-3H3,(H,27,28,29);3-6,11,14-15,26H,7-10,12H2,1-2H3,(H2,22,23,24,25,29). The highest BCUT2D eigenvalue weighted by molar-refractivity contribution is 7.87. The van der Waals surface area contributed by atoms with E-state index >= 15 is 0 Å². The lowest BCUT2D eigenvalue weighted by Gasteiger charge is -2.36. The van der Waals surface area contributed by atoms with Crippen LogP contribution in [0.15, 0.2) is 91.4 Å². The lowest BCUT2D eigenvalue weighted by molar-refractivity contribution is 0.146. The fraction of sp³-hybridized carbons (Fsp3) is 0.529. The number of carbonyl (C=O) groups excluding carboxylic acids is 3. The number of benzene rings is 3. The first-order valence-electron chi connectivity index (χ1n) is 36.0. The molecule has 106 heavy (non-hydrogen) atoms. The summed E-state index contributed by atoms with van der Waals surface area (Å²) in [5.41, 5.74) is 10.4. The molecular formula is C70H101Cl3N20O9S2Si2. The van der Waals surface area contributed by atoms with Gasteiger partial charge in [-0.15, -0.1) is 0 Å². The number of urea groups is 3. The molecule has 6 amide bonds. The van der Waals surface area contributed by atoms with Crippen molar-refractivity contribution < 1.29 is 40.7 Å². The van der Waals surface area contributed by atoms with Crippen molar-refractivity contribution in [1.29, 1.82) is 0 Å². The molecule has 0 saturated heterocycles. The molecule has 3 fully saturated rings. The Bertz CT molecular complexity index is 4260. The third-order valence-corrected chi connectivity index (χ3v) is 26.7. The number of para-hydroxylation sites is 3. The first-order chi connectivity index (χ1) is 50.3. The maximum Gasteiger partial charge on any atom is 0.332 e. The fourth-order valence-corrected chi connectivity index (χ4v) is 16.7. The van der Waals surface area contributed by atoms with Crippen molar-refractivity contribution in [1.82, 2.24) is 48.0 Å². The van der Waals surface area contributed by atoms with E-state index in [9.17, 15) is 31.2 Å². The normalized spacial score (nSPS) is 20.7. The molecule has 3 saturated carbocycles. The number of amides is 6. The number of aromatic nitrogens is 6. The number of hydrogen-bond donors (Lipinski definition) is 7. The zero-order chi connectivity index (χ0) is 76.3. The van der Waals surface area contributed by atoms with Crippen LogP contribution in [-0.4, -0.2) is 181 Å². The summed E-state index contributed by atoms with van der Waals surface area (Å²) in [7, 11) is -3.39. The van der Waals surface area contributed by atoms with Crippen molar-refractivity contribution >= 4 is 142 Å². The minimum absolute atomic E-state index is 0.0743. The third kappa shape index (κ3) is 22.1. The van der Waals surface area contributed by atoms with Gasteiger partial charge in [-0.05, 0) is 126 Å². The van der Waals surface area contributed by atoms with Gasteiger partial charge >= 0.3 is 18.1 Å². The van der Waals surface area contributed by atoms with E-state index < -0.39 is 36.6 Å². The van der Waals surface area contributed by atoms with Crippen LogP contribution in [0.3, 0.4) is 0 Å². The van der Waals surface area contributed by atoms with Crippen LogP contribution in [0.5, 0.6) is 0 Å². The van der Waals surface area contributed by atoms with Crippen LogP contribution >= 0.6 is 34.8 Å². The summed E-state index contributed by atoms with van der Waals surface area (Å²) in [4.78, 5) is 75.4. The van der Waals surface area contributed by atoms with Crippen LogP contribution in [0.25, 0.3) is 0 Å². The predicted molar refractivity (Wildman–Crippen MR) is 426 cm³/mol. The number of anilines is 9. The van der Waals surface area contributed by atoms with Crippen LogP contribution in [0.2, 0.25) is 66.4 Å². The molecule has 6 aromatic rings. The molecule has 29 nitrogen and oxygen atoms in total. The average Bonchev–Trinajstić information content (AvgIpc) is 0.782. The van der Waals surface area contributed by atoms with Gasteiger partial charge in [-0.25, -0.2) is 29.3 Å². The van der Waals surface area contributed by atoms with Crippen LogP contribution < -0.4 is 60.9 Å². The Labute approximate surface area is 640 Å². The van der Waals surface area contributed by atoms with Gasteiger partial charge in [0.25, 0.3) is 20.4 Å². The molecule has 3 aromatic carbocycles. The number of nitrogens with one attached hydrogen (secondary N) is 6. The average molecular weight is 1590 g/mol. The monoisotopic (exact) mass is 1590 g/mol. The Balaban J connectivity index is 0.000000171. The summed E-state index contributed by atoms with van der Waals surface area (Å²) in [6, 6.07) is 23.6. The van der Waals surface area contributed by atoms with E-state index in [0.29, 0.717) is 119 Å². The van der Waals surface area contributed by atoms with Crippen LogP contribution in [-0.2, 0) is 49.5 Å². The molecule has 3 aliphatic carbocycles. The molecule has 36 heteroatoms. The summed E-state index contributed by atoms with van der Waals surface area (Å²) >= 11 is 19.1. The van der Waals surface area contributed by atoms with Gasteiger partial charge in [0.2, 0.25) is 17.8 Å². The maximum absolute atomic E-state index is 13.7. The molecule has 6 heterocycles. The van der Waals surface area contributed by atoms with E-state index in [0.717, 1.165) is 93.0 Å². The van der Waals surface area contributed by atoms with Gasteiger partial charge in [-0.1, -0.05) is 110 Å². The molecule has 0 bridgehead atoms. The molecule has 12 rings (SSSR count). The van der Waals surface area contributed by atoms with E-state index in [1.165, 1.54) is 36.8 Å². The van der Waals surface area contributed by atoms with Crippen molar-refractivity contribution in [3.63, 3.8) is 0 Å². The quantitative estimate of drug-likeness (QED) is 0.0207. The number of nitrogens with two attached hydrogens (primary N) is 1. The molecule has 576 valence electrons. The molecule has 3 aliphatic heterocycles. The number of carbonyl (C=O) groups is 3. The Morgan fingerprint density at radius 2 is 0.821 bits per heavy atom. The SMILES string of the molecule is CN(C)S(=O)(=O)NC1CCC(Nc2ncc3c(n2)N(COCC[Si](C)(C)C)C(=O)N(c2ccccc2Cl)C3)CC1.CN(C)S(=O)(=O)NC1CCC(Nc2ncc3c(n2)NC(=O)N(c2ccccc2Cl)C3)CC1.C[Si](C)(C)CCOCN1C(=O)N(c2ccccc2Cl)Cc2cnc(NC3CCC(N)CC3)nc21. The highest BCUT2D eigenvalue weighted by Crippen LogP contribution is 2.38. The van der Waals surface area contributed by atoms with Gasteiger partial charge < -0.3 is 31.2 Å². The molecule has 0 unspecified atom stereocenters. The lowest BCUT2D eigenvalue weighted by Crippen LogP contribution is -2.49. The first-order valence-corrected chi connectivity index (χ1v) is 47.4. The Morgan fingerprint density at radius 1 is 0.491 bits per heavy atom. The first kappa shape index (κ1) is 81.5. The van der Waals surface area contributed by atoms with E-state index in [4.69, 9.17) is 60.0 Å². The van der Waals surface area contributed by atoms with Crippen molar-refractivity contribution in [2.75, 3.05) is 101 Å². The highest BCUT2D eigenvalue weighted by atomic mass is 35.5. The van der Waals surface area contributed by atoms with Crippen LogP contribution in [0.1, 0.15) is 93.7 Å². The van der Waals surface area contributed by atoms with Crippen molar-refractivity contribution in [2.45, 2.75) is 184 Å². The second kappa shape index (κ2) is 36.0.